The summed E-state index contributed by atoms with van der Waals surface area (Å²) in [4.78, 5) is 0. The summed E-state index contributed by atoms with van der Waals surface area (Å²) in [7, 11) is 6.73. The van der Waals surface area contributed by atoms with Crippen LogP contribution < -0.4 is 18.9 Å². The molecule has 0 heterocycles. The molecule has 1 aliphatic rings. The van der Waals surface area contributed by atoms with Gasteiger partial charge in [-0.15, -0.1) is 0 Å². The summed E-state index contributed by atoms with van der Waals surface area (Å²) in [5, 5.41) is 49.3. The highest BCUT2D eigenvalue weighted by molar-refractivity contribution is 5.63. The molecular formula is C60H88O8. The third-order valence-electron chi connectivity index (χ3n) is 14.2. The van der Waals surface area contributed by atoms with E-state index in [-0.39, 0.29) is 23.7 Å². The summed E-state index contributed by atoms with van der Waals surface area (Å²) in [6.45, 7) is 41.2. The molecule has 8 heteroatoms. The number of fused-ring (bicyclic) bond motifs is 8. The molecule has 0 fully saturated rings. The summed E-state index contributed by atoms with van der Waals surface area (Å²) in [5.41, 5.74) is 3.00. The molecule has 0 saturated carbocycles. The van der Waals surface area contributed by atoms with E-state index in [2.05, 4.69) is 107 Å². The lowest BCUT2D eigenvalue weighted by molar-refractivity contribution is 0.0757. The number of ether oxygens (including phenoxy) is 4. The van der Waals surface area contributed by atoms with Gasteiger partial charge < -0.3 is 39.4 Å². The fourth-order valence-corrected chi connectivity index (χ4v) is 11.5. The largest absolute Gasteiger partial charge is 0.496 e. The first kappa shape index (κ1) is 54.9. The standard InChI is InChI=1S/C60H88O8/c1-53(2,3)49-33-25-38(46(66-22)29-41(33)57(13,14)61)51(55(7,8)9)35-27-40(48(68-24)31-43(35)59(17,18)63)52(56(10,11)12)36-28-39(47(67-23)32-44(36)60(19,20)64)50(54(4,5)6)34-26-37(49)45(65-21)30-42(34)58(15,16)62/h25-32,49-52,61-64H,1-24H3. The third-order valence-corrected chi connectivity index (χ3v) is 14.2. The van der Waals surface area contributed by atoms with Gasteiger partial charge in [0.2, 0.25) is 0 Å². The average Bonchev–Trinajstić information content (AvgIpc) is 3.14. The summed E-state index contributed by atoms with van der Waals surface area (Å²) in [5.74, 6) is 0.947. The van der Waals surface area contributed by atoms with Crippen LogP contribution in [0.2, 0.25) is 0 Å². The van der Waals surface area contributed by atoms with Gasteiger partial charge in [0.15, 0.2) is 0 Å². The van der Waals surface area contributed by atoms with Crippen LogP contribution in [0.25, 0.3) is 0 Å². The van der Waals surface area contributed by atoms with Crippen LogP contribution >= 0.6 is 0 Å². The minimum Gasteiger partial charge on any atom is -0.496 e. The Morgan fingerprint density at radius 1 is 0.265 bits per heavy atom. The Morgan fingerprint density at radius 2 is 0.412 bits per heavy atom. The highest BCUT2D eigenvalue weighted by Crippen LogP contribution is 2.58. The number of methoxy groups -OCH3 is 4. The molecule has 0 radical (unpaired) electrons. The first-order chi connectivity index (χ1) is 30.6. The topological polar surface area (TPSA) is 118 Å². The minimum atomic E-state index is -1.31. The van der Waals surface area contributed by atoms with Crippen molar-refractivity contribution in [2.75, 3.05) is 28.4 Å². The second kappa shape index (κ2) is 18.0. The van der Waals surface area contributed by atoms with Gasteiger partial charge in [0.1, 0.15) is 23.0 Å². The van der Waals surface area contributed by atoms with E-state index in [4.69, 9.17) is 18.9 Å². The van der Waals surface area contributed by atoms with E-state index >= 15 is 0 Å². The van der Waals surface area contributed by atoms with Gasteiger partial charge in [-0.3, -0.25) is 0 Å². The predicted molar refractivity (Wildman–Crippen MR) is 278 cm³/mol. The lowest BCUT2D eigenvalue weighted by Gasteiger charge is -2.43. The highest BCUT2D eigenvalue weighted by Gasteiger charge is 2.45. The van der Waals surface area contributed by atoms with E-state index in [1.54, 1.807) is 28.4 Å². The van der Waals surface area contributed by atoms with Crippen molar-refractivity contribution in [2.45, 2.75) is 185 Å². The molecule has 0 saturated heterocycles. The molecule has 68 heavy (non-hydrogen) atoms. The lowest BCUT2D eigenvalue weighted by atomic mass is 9.63. The van der Waals surface area contributed by atoms with E-state index in [0.29, 0.717) is 45.3 Å². The molecular weight excluding hydrogens is 849 g/mol. The second-order valence-corrected chi connectivity index (χ2v) is 26.2. The van der Waals surface area contributed by atoms with Crippen LogP contribution in [0.3, 0.4) is 0 Å². The maximum atomic E-state index is 12.3. The van der Waals surface area contributed by atoms with E-state index < -0.39 is 44.1 Å². The monoisotopic (exact) mass is 937 g/mol. The molecule has 1 aliphatic carbocycles. The quantitative estimate of drug-likeness (QED) is 0.138. The Hall–Kier alpha value is -4.08. The lowest BCUT2D eigenvalue weighted by Crippen LogP contribution is -2.31. The van der Waals surface area contributed by atoms with Gasteiger partial charge >= 0.3 is 0 Å². The Kier molecular flexibility index (Phi) is 14.5. The van der Waals surface area contributed by atoms with Gasteiger partial charge in [-0.1, -0.05) is 107 Å². The van der Waals surface area contributed by atoms with E-state index in [0.717, 1.165) is 44.5 Å². The molecule has 376 valence electrons. The molecule has 4 aromatic carbocycles. The van der Waals surface area contributed by atoms with Crippen LogP contribution in [0.4, 0.5) is 0 Å². The fraction of sp³-hybridized carbons (Fsp3) is 0.600. The number of benzene rings is 4. The van der Waals surface area contributed by atoms with Crippen molar-refractivity contribution in [1.29, 1.82) is 0 Å². The summed E-state index contributed by atoms with van der Waals surface area (Å²) in [6, 6.07) is 17.0. The Morgan fingerprint density at radius 3 is 0.515 bits per heavy atom. The van der Waals surface area contributed by atoms with Crippen LogP contribution in [0.15, 0.2) is 48.5 Å². The zero-order valence-corrected chi connectivity index (χ0v) is 46.4. The van der Waals surface area contributed by atoms with Crippen LogP contribution in [0.5, 0.6) is 23.0 Å². The smallest absolute Gasteiger partial charge is 0.123 e. The van der Waals surface area contributed by atoms with Gasteiger partial charge in [0, 0.05) is 45.9 Å². The molecule has 8 bridgehead atoms. The van der Waals surface area contributed by atoms with Gasteiger partial charge in [-0.05, 0) is 146 Å². The molecule has 4 unspecified atom stereocenters. The molecule has 0 amide bonds. The van der Waals surface area contributed by atoms with Crippen molar-refractivity contribution < 1.29 is 39.4 Å². The average molecular weight is 937 g/mol. The normalized spacial score (nSPS) is 18.9. The summed E-state index contributed by atoms with van der Waals surface area (Å²) < 4.78 is 25.8. The minimum absolute atomic E-state index is 0.382. The zero-order valence-electron chi connectivity index (χ0n) is 46.4. The van der Waals surface area contributed by atoms with Gasteiger partial charge in [-0.25, -0.2) is 0 Å². The zero-order chi connectivity index (χ0) is 52.0. The molecule has 0 aromatic heterocycles. The number of rotatable bonds is 8. The third kappa shape index (κ3) is 10.5. The predicted octanol–water partition coefficient (Wildman–Crippen LogP) is 13.7. The van der Waals surface area contributed by atoms with Crippen molar-refractivity contribution in [2.24, 2.45) is 21.7 Å². The first-order valence-corrected chi connectivity index (χ1v) is 24.4. The SMILES string of the molecule is COc1cc(C(C)(C)O)c2cc1C(C(C)(C)C)c1cc(c(OC)cc1C(C)(C)O)C(C(C)(C)C)c1cc(c(OC)cc1C(C)(C)O)C(C(C)(C)C)c1cc(c(OC)cc1C(C)(C)O)C2C(C)(C)C. The molecule has 4 aromatic rings. The van der Waals surface area contributed by atoms with Crippen molar-refractivity contribution in [3.63, 3.8) is 0 Å². The molecule has 5 rings (SSSR count). The maximum Gasteiger partial charge on any atom is 0.123 e. The first-order valence-electron chi connectivity index (χ1n) is 24.4. The molecule has 0 spiro atoms. The van der Waals surface area contributed by atoms with E-state index in [1.807, 2.05) is 79.7 Å². The van der Waals surface area contributed by atoms with Crippen molar-refractivity contribution >= 4 is 0 Å². The van der Waals surface area contributed by atoms with Crippen molar-refractivity contribution in [3.05, 3.63) is 115 Å². The van der Waals surface area contributed by atoms with Crippen LogP contribution in [-0.4, -0.2) is 48.9 Å². The molecule has 4 N–H and O–H groups in total. The van der Waals surface area contributed by atoms with Crippen molar-refractivity contribution in [3.8, 4) is 23.0 Å². The van der Waals surface area contributed by atoms with E-state index in [1.165, 1.54) is 0 Å². The van der Waals surface area contributed by atoms with E-state index in [9.17, 15) is 20.4 Å². The van der Waals surface area contributed by atoms with Crippen molar-refractivity contribution in [1.82, 2.24) is 0 Å². The summed E-state index contributed by atoms with van der Waals surface area (Å²) in [6.07, 6.45) is 0. The Bertz CT molecular complexity index is 2140. The van der Waals surface area contributed by atoms with Crippen LogP contribution in [-0.2, 0) is 22.4 Å². The fourth-order valence-electron chi connectivity index (χ4n) is 11.5. The Balaban J connectivity index is 2.33. The van der Waals surface area contributed by atoms with Crippen LogP contribution in [0, 0.1) is 21.7 Å². The highest BCUT2D eigenvalue weighted by atomic mass is 16.5. The van der Waals surface area contributed by atoms with Crippen LogP contribution in [0.1, 0.15) is 229 Å². The summed E-state index contributed by atoms with van der Waals surface area (Å²) >= 11 is 0. The number of hydrogen-bond donors (Lipinski definition) is 4. The van der Waals surface area contributed by atoms with Gasteiger partial charge in [0.25, 0.3) is 0 Å². The number of hydrogen-bond acceptors (Lipinski definition) is 8. The maximum absolute atomic E-state index is 12.3. The number of aliphatic hydroxyl groups is 4. The second-order valence-electron chi connectivity index (χ2n) is 26.2. The van der Waals surface area contributed by atoms with Gasteiger partial charge in [-0.2, -0.15) is 0 Å². The molecule has 0 aliphatic heterocycles. The van der Waals surface area contributed by atoms with Gasteiger partial charge in [0.05, 0.1) is 50.8 Å². The Labute approximate surface area is 410 Å². The molecule has 8 nitrogen and oxygen atoms in total. The molecule has 4 atom stereocenters.